The van der Waals surface area contributed by atoms with E-state index in [2.05, 4.69) is 27.2 Å². The van der Waals surface area contributed by atoms with E-state index < -0.39 is 0 Å². The number of fused-ring (bicyclic) bond motifs is 1. The van der Waals surface area contributed by atoms with Crippen molar-refractivity contribution in [3.05, 3.63) is 36.5 Å². The van der Waals surface area contributed by atoms with Crippen molar-refractivity contribution in [2.75, 3.05) is 0 Å². The first-order valence-corrected chi connectivity index (χ1v) is 6.51. The summed E-state index contributed by atoms with van der Waals surface area (Å²) in [5.74, 6) is 0. The van der Waals surface area contributed by atoms with Crippen molar-refractivity contribution in [1.29, 1.82) is 0 Å². The number of hydrogen-bond donors (Lipinski definition) is 0. The monoisotopic (exact) mass is 256 g/mol. The Bertz CT molecular complexity index is 668. The van der Waals surface area contributed by atoms with E-state index in [9.17, 15) is 0 Å². The molecule has 0 unspecified atom stereocenters. The third-order valence-electron chi connectivity index (χ3n) is 3.03. The van der Waals surface area contributed by atoms with Crippen LogP contribution in [-0.4, -0.2) is 29.5 Å². The maximum absolute atomic E-state index is 4.34. The standard InChI is InChI=1S/C13H16N6/c1-2-3-7-19-9-11(16-17-19)8-18-10-15-12-5-4-6-14-13(12)18/h4-6,9-10H,2-3,7-8H2,1H3. The van der Waals surface area contributed by atoms with E-state index in [4.69, 9.17) is 0 Å². The molecule has 3 heterocycles. The van der Waals surface area contributed by atoms with Crippen molar-refractivity contribution in [2.24, 2.45) is 0 Å². The minimum atomic E-state index is 0.652. The van der Waals surface area contributed by atoms with E-state index in [1.54, 1.807) is 12.5 Å². The molecule has 0 fully saturated rings. The summed E-state index contributed by atoms with van der Waals surface area (Å²) in [6.45, 7) is 3.74. The molecule has 0 aliphatic rings. The molecule has 0 amide bonds. The van der Waals surface area contributed by atoms with Gasteiger partial charge in [0.05, 0.1) is 19.1 Å². The Kier molecular flexibility index (Phi) is 3.22. The van der Waals surface area contributed by atoms with Crippen molar-refractivity contribution in [3.8, 4) is 0 Å². The van der Waals surface area contributed by atoms with Crippen LogP contribution in [0.15, 0.2) is 30.9 Å². The van der Waals surface area contributed by atoms with Gasteiger partial charge in [0.25, 0.3) is 0 Å². The van der Waals surface area contributed by atoms with Gasteiger partial charge >= 0.3 is 0 Å². The van der Waals surface area contributed by atoms with E-state index in [1.807, 2.05) is 27.6 Å². The first kappa shape index (κ1) is 11.8. The lowest BCUT2D eigenvalue weighted by atomic mass is 10.3. The number of pyridine rings is 1. The summed E-state index contributed by atoms with van der Waals surface area (Å²) in [5.41, 5.74) is 2.72. The summed E-state index contributed by atoms with van der Waals surface area (Å²) in [5, 5.41) is 8.31. The fourth-order valence-electron chi connectivity index (χ4n) is 2.03. The highest BCUT2D eigenvalue weighted by Crippen LogP contribution is 2.10. The lowest BCUT2D eigenvalue weighted by molar-refractivity contribution is 0.553. The minimum Gasteiger partial charge on any atom is -0.309 e. The number of rotatable bonds is 5. The van der Waals surface area contributed by atoms with Gasteiger partial charge in [-0.2, -0.15) is 0 Å². The van der Waals surface area contributed by atoms with Crippen LogP contribution >= 0.6 is 0 Å². The number of aryl methyl sites for hydroxylation is 1. The van der Waals surface area contributed by atoms with Gasteiger partial charge in [-0.15, -0.1) is 5.10 Å². The maximum atomic E-state index is 4.34. The number of aromatic nitrogens is 6. The molecule has 0 bridgehead atoms. The fraction of sp³-hybridized carbons (Fsp3) is 0.385. The molecule has 6 nitrogen and oxygen atoms in total. The molecular formula is C13H16N6. The Balaban J connectivity index is 1.79. The second kappa shape index (κ2) is 5.17. The third-order valence-corrected chi connectivity index (χ3v) is 3.03. The Labute approximate surface area is 111 Å². The molecule has 0 aromatic carbocycles. The largest absolute Gasteiger partial charge is 0.309 e. The summed E-state index contributed by atoms with van der Waals surface area (Å²) in [7, 11) is 0. The zero-order valence-corrected chi connectivity index (χ0v) is 10.9. The predicted molar refractivity (Wildman–Crippen MR) is 71.6 cm³/mol. The number of unbranched alkanes of at least 4 members (excludes halogenated alkanes) is 1. The number of nitrogens with zero attached hydrogens (tertiary/aromatic N) is 6. The van der Waals surface area contributed by atoms with Crippen LogP contribution in [0.2, 0.25) is 0 Å². The summed E-state index contributed by atoms with van der Waals surface area (Å²) >= 11 is 0. The summed E-state index contributed by atoms with van der Waals surface area (Å²) in [4.78, 5) is 8.66. The molecule has 3 aromatic rings. The molecule has 3 aromatic heterocycles. The summed E-state index contributed by atoms with van der Waals surface area (Å²) < 4.78 is 3.88. The van der Waals surface area contributed by atoms with Gasteiger partial charge in [-0.05, 0) is 18.6 Å². The van der Waals surface area contributed by atoms with E-state index in [0.717, 1.165) is 36.2 Å². The van der Waals surface area contributed by atoms with Crippen molar-refractivity contribution >= 4 is 11.2 Å². The zero-order chi connectivity index (χ0) is 13.1. The van der Waals surface area contributed by atoms with Crippen LogP contribution in [0.5, 0.6) is 0 Å². The second-order valence-electron chi connectivity index (χ2n) is 4.55. The quantitative estimate of drug-likeness (QED) is 0.699. The molecule has 0 radical (unpaired) electrons. The van der Waals surface area contributed by atoms with Gasteiger partial charge in [-0.25, -0.2) is 9.97 Å². The Morgan fingerprint density at radius 3 is 3.11 bits per heavy atom. The van der Waals surface area contributed by atoms with Crippen molar-refractivity contribution in [2.45, 2.75) is 32.9 Å². The molecule has 19 heavy (non-hydrogen) atoms. The molecule has 0 atom stereocenters. The molecule has 98 valence electrons. The first-order valence-electron chi connectivity index (χ1n) is 6.51. The highest BCUT2D eigenvalue weighted by molar-refractivity contribution is 5.70. The number of imidazole rings is 1. The van der Waals surface area contributed by atoms with Crippen LogP contribution in [-0.2, 0) is 13.1 Å². The van der Waals surface area contributed by atoms with Gasteiger partial charge in [0.15, 0.2) is 5.65 Å². The third kappa shape index (κ3) is 2.47. The Morgan fingerprint density at radius 2 is 2.21 bits per heavy atom. The molecule has 6 heteroatoms. The highest BCUT2D eigenvalue weighted by Gasteiger charge is 2.06. The van der Waals surface area contributed by atoms with Gasteiger partial charge in [-0.3, -0.25) is 4.68 Å². The van der Waals surface area contributed by atoms with E-state index in [1.165, 1.54) is 0 Å². The zero-order valence-electron chi connectivity index (χ0n) is 10.9. The van der Waals surface area contributed by atoms with Crippen LogP contribution in [0.4, 0.5) is 0 Å². The SMILES string of the molecule is CCCCn1cc(Cn2cnc3cccnc32)nn1. The van der Waals surface area contributed by atoms with E-state index in [-0.39, 0.29) is 0 Å². The average Bonchev–Trinajstić information content (AvgIpc) is 3.05. The minimum absolute atomic E-state index is 0.652. The lowest BCUT2D eigenvalue weighted by Crippen LogP contribution is -1.99. The van der Waals surface area contributed by atoms with Crippen molar-refractivity contribution in [3.63, 3.8) is 0 Å². The second-order valence-corrected chi connectivity index (χ2v) is 4.55. The van der Waals surface area contributed by atoms with Gasteiger partial charge in [0.1, 0.15) is 11.2 Å². The van der Waals surface area contributed by atoms with Gasteiger partial charge in [0, 0.05) is 12.7 Å². The Morgan fingerprint density at radius 1 is 1.26 bits per heavy atom. The van der Waals surface area contributed by atoms with Crippen LogP contribution in [0.25, 0.3) is 11.2 Å². The molecule has 3 rings (SSSR count). The van der Waals surface area contributed by atoms with Crippen molar-refractivity contribution in [1.82, 2.24) is 29.5 Å². The van der Waals surface area contributed by atoms with Gasteiger partial charge in [-0.1, -0.05) is 18.6 Å². The van der Waals surface area contributed by atoms with Gasteiger partial charge in [0.2, 0.25) is 0 Å². The van der Waals surface area contributed by atoms with Gasteiger partial charge < -0.3 is 4.57 Å². The normalized spacial score (nSPS) is 11.2. The predicted octanol–water partition coefficient (Wildman–Crippen LogP) is 1.87. The smallest absolute Gasteiger partial charge is 0.160 e. The molecule has 0 spiro atoms. The average molecular weight is 256 g/mol. The summed E-state index contributed by atoms with van der Waals surface area (Å²) in [6.07, 6.45) is 7.84. The lowest BCUT2D eigenvalue weighted by Gasteiger charge is -1.99. The Hall–Kier alpha value is -2.24. The van der Waals surface area contributed by atoms with Crippen LogP contribution in [0.1, 0.15) is 25.5 Å². The van der Waals surface area contributed by atoms with E-state index >= 15 is 0 Å². The van der Waals surface area contributed by atoms with Crippen LogP contribution in [0.3, 0.4) is 0 Å². The molecule has 0 N–H and O–H groups in total. The molecule has 0 aliphatic carbocycles. The molecule has 0 saturated carbocycles. The molecule has 0 saturated heterocycles. The number of hydrogen-bond acceptors (Lipinski definition) is 4. The molecule has 0 aliphatic heterocycles. The van der Waals surface area contributed by atoms with Crippen molar-refractivity contribution < 1.29 is 0 Å². The molecular weight excluding hydrogens is 240 g/mol. The van der Waals surface area contributed by atoms with Crippen LogP contribution in [0, 0.1) is 0 Å². The fourth-order valence-corrected chi connectivity index (χ4v) is 2.03. The maximum Gasteiger partial charge on any atom is 0.160 e. The van der Waals surface area contributed by atoms with Crippen LogP contribution < -0.4 is 0 Å². The highest BCUT2D eigenvalue weighted by atomic mass is 15.4. The topological polar surface area (TPSA) is 61.4 Å². The summed E-state index contributed by atoms with van der Waals surface area (Å²) in [6, 6.07) is 3.84. The van der Waals surface area contributed by atoms with E-state index in [0.29, 0.717) is 6.54 Å². The first-order chi connectivity index (χ1) is 9.36.